The predicted molar refractivity (Wildman–Crippen MR) is 96.7 cm³/mol. The largest absolute Gasteiger partial charge is 0.480 e. The minimum Gasteiger partial charge on any atom is -0.480 e. The topological polar surface area (TPSA) is 86.7 Å². The summed E-state index contributed by atoms with van der Waals surface area (Å²) in [7, 11) is 0. The van der Waals surface area contributed by atoms with Crippen LogP contribution in [0.4, 0.5) is 5.69 Å². The van der Waals surface area contributed by atoms with Crippen molar-refractivity contribution in [3.8, 4) is 0 Å². The summed E-state index contributed by atoms with van der Waals surface area (Å²) in [5.74, 6) is -0.512. The van der Waals surface area contributed by atoms with E-state index in [0.717, 1.165) is 11.3 Å². The third-order valence-electron chi connectivity index (χ3n) is 4.96. The Morgan fingerprint density at radius 3 is 2.48 bits per heavy atom. The number of carbonyl (C=O) groups is 3. The standard InChI is InChI=1S/C18H22N2O4S/c1-12-2-4-14(5-3-12)20-11-13(10-15(20)21)16(22)19-18(17(23)24)6-8-25-9-7-18/h2-5,13H,6-11H2,1H3,(H,19,22)(H,23,24). The van der Waals surface area contributed by atoms with Crippen LogP contribution in [0.2, 0.25) is 0 Å². The van der Waals surface area contributed by atoms with Gasteiger partial charge in [0.25, 0.3) is 0 Å². The van der Waals surface area contributed by atoms with Crippen LogP contribution < -0.4 is 10.2 Å². The Bertz CT molecular complexity index is 683. The maximum Gasteiger partial charge on any atom is 0.329 e. The van der Waals surface area contributed by atoms with Crippen LogP contribution in [0.1, 0.15) is 24.8 Å². The van der Waals surface area contributed by atoms with Crippen LogP contribution in [0, 0.1) is 12.8 Å². The first-order chi connectivity index (χ1) is 11.9. The second kappa shape index (κ2) is 7.07. The summed E-state index contributed by atoms with van der Waals surface area (Å²) in [5.41, 5.74) is 0.680. The molecule has 0 saturated carbocycles. The Hall–Kier alpha value is -2.02. The smallest absolute Gasteiger partial charge is 0.329 e. The highest BCUT2D eigenvalue weighted by Crippen LogP contribution is 2.30. The number of rotatable bonds is 4. The first kappa shape index (κ1) is 17.8. The number of hydrogen-bond donors (Lipinski definition) is 2. The minimum absolute atomic E-state index is 0.104. The van der Waals surface area contributed by atoms with E-state index in [1.807, 2.05) is 31.2 Å². The van der Waals surface area contributed by atoms with E-state index in [-0.39, 0.29) is 24.8 Å². The van der Waals surface area contributed by atoms with Gasteiger partial charge in [-0.1, -0.05) is 17.7 Å². The lowest BCUT2D eigenvalue weighted by atomic mass is 9.91. The Morgan fingerprint density at radius 2 is 1.88 bits per heavy atom. The predicted octanol–water partition coefficient (Wildman–Crippen LogP) is 1.81. The van der Waals surface area contributed by atoms with Crippen LogP contribution in [0.3, 0.4) is 0 Å². The Kier molecular flexibility index (Phi) is 5.03. The third-order valence-corrected chi connectivity index (χ3v) is 5.95. The highest BCUT2D eigenvalue weighted by atomic mass is 32.2. The third kappa shape index (κ3) is 3.66. The molecule has 2 N–H and O–H groups in total. The molecule has 0 spiro atoms. The molecule has 1 atom stereocenters. The fourth-order valence-corrected chi connectivity index (χ4v) is 4.50. The average Bonchev–Trinajstić information content (AvgIpc) is 2.98. The zero-order valence-corrected chi connectivity index (χ0v) is 15.0. The summed E-state index contributed by atoms with van der Waals surface area (Å²) >= 11 is 1.70. The first-order valence-corrected chi connectivity index (χ1v) is 9.57. The molecule has 0 aliphatic carbocycles. The summed E-state index contributed by atoms with van der Waals surface area (Å²) < 4.78 is 0. The Labute approximate surface area is 151 Å². The van der Waals surface area contributed by atoms with Gasteiger partial charge < -0.3 is 15.3 Å². The maximum atomic E-state index is 12.6. The zero-order chi connectivity index (χ0) is 18.0. The molecule has 2 saturated heterocycles. The number of carboxylic acid groups (broad SMARTS) is 1. The van der Waals surface area contributed by atoms with E-state index in [0.29, 0.717) is 24.3 Å². The van der Waals surface area contributed by atoms with Crippen LogP contribution in [-0.4, -0.2) is 46.5 Å². The van der Waals surface area contributed by atoms with Crippen molar-refractivity contribution in [1.82, 2.24) is 5.32 Å². The molecular weight excluding hydrogens is 340 g/mol. The van der Waals surface area contributed by atoms with Gasteiger partial charge in [-0.15, -0.1) is 0 Å². The van der Waals surface area contributed by atoms with E-state index in [1.54, 1.807) is 16.7 Å². The summed E-state index contributed by atoms with van der Waals surface area (Å²) in [6, 6.07) is 7.58. The second-order valence-corrected chi connectivity index (χ2v) is 7.95. The van der Waals surface area contributed by atoms with Crippen molar-refractivity contribution in [3.05, 3.63) is 29.8 Å². The van der Waals surface area contributed by atoms with Gasteiger partial charge in [-0.2, -0.15) is 11.8 Å². The number of benzene rings is 1. The molecule has 25 heavy (non-hydrogen) atoms. The molecule has 134 valence electrons. The number of hydrogen-bond acceptors (Lipinski definition) is 4. The molecule has 7 heteroatoms. The lowest BCUT2D eigenvalue weighted by molar-refractivity contribution is -0.148. The molecule has 0 bridgehead atoms. The SMILES string of the molecule is Cc1ccc(N2CC(C(=O)NC3(C(=O)O)CCSCC3)CC2=O)cc1. The number of amides is 2. The van der Waals surface area contributed by atoms with E-state index in [2.05, 4.69) is 5.32 Å². The molecule has 1 aromatic rings. The first-order valence-electron chi connectivity index (χ1n) is 8.41. The van der Waals surface area contributed by atoms with Crippen molar-refractivity contribution in [3.63, 3.8) is 0 Å². The fraction of sp³-hybridized carbons (Fsp3) is 0.500. The molecule has 2 aliphatic heterocycles. The quantitative estimate of drug-likeness (QED) is 0.853. The van der Waals surface area contributed by atoms with Crippen LogP contribution in [0.5, 0.6) is 0 Å². The normalized spacial score (nSPS) is 22.7. The van der Waals surface area contributed by atoms with Crippen molar-refractivity contribution in [2.45, 2.75) is 31.7 Å². The van der Waals surface area contributed by atoms with Gasteiger partial charge in [0.2, 0.25) is 11.8 Å². The van der Waals surface area contributed by atoms with Crippen LogP contribution >= 0.6 is 11.8 Å². The highest BCUT2D eigenvalue weighted by molar-refractivity contribution is 7.99. The number of thioether (sulfide) groups is 1. The van der Waals surface area contributed by atoms with Crippen LogP contribution in [0.15, 0.2) is 24.3 Å². The summed E-state index contributed by atoms with van der Waals surface area (Å²) in [6.45, 7) is 2.26. The lowest BCUT2D eigenvalue weighted by Gasteiger charge is -2.34. The summed E-state index contributed by atoms with van der Waals surface area (Å²) in [4.78, 5) is 38.3. The molecule has 1 unspecified atom stereocenters. The van der Waals surface area contributed by atoms with Crippen LogP contribution in [-0.2, 0) is 14.4 Å². The minimum atomic E-state index is -1.19. The van der Waals surface area contributed by atoms with Crippen molar-refractivity contribution in [2.75, 3.05) is 23.0 Å². The van der Waals surface area contributed by atoms with Crippen LogP contribution in [0.25, 0.3) is 0 Å². The molecule has 2 fully saturated rings. The van der Waals surface area contributed by atoms with E-state index in [9.17, 15) is 19.5 Å². The number of anilines is 1. The average molecular weight is 362 g/mol. The monoisotopic (exact) mass is 362 g/mol. The fourth-order valence-electron chi connectivity index (χ4n) is 3.31. The van der Waals surface area contributed by atoms with Gasteiger partial charge in [-0.05, 0) is 43.4 Å². The van der Waals surface area contributed by atoms with Gasteiger partial charge in [-0.25, -0.2) is 4.79 Å². The molecule has 3 rings (SSSR count). The summed E-state index contributed by atoms with van der Waals surface area (Å²) in [6.07, 6.45) is 0.951. The number of nitrogens with one attached hydrogen (secondary N) is 1. The second-order valence-electron chi connectivity index (χ2n) is 6.73. The molecule has 2 amide bonds. The Balaban J connectivity index is 1.70. The lowest BCUT2D eigenvalue weighted by Crippen LogP contribution is -2.58. The molecule has 1 aromatic carbocycles. The summed E-state index contributed by atoms with van der Waals surface area (Å²) in [5, 5.41) is 12.3. The molecule has 2 heterocycles. The van der Waals surface area contributed by atoms with E-state index >= 15 is 0 Å². The molecular formula is C18H22N2O4S. The van der Waals surface area contributed by atoms with Crippen molar-refractivity contribution in [2.24, 2.45) is 5.92 Å². The van der Waals surface area contributed by atoms with Gasteiger partial charge in [0, 0.05) is 18.7 Å². The number of nitrogens with zero attached hydrogens (tertiary/aromatic N) is 1. The van der Waals surface area contributed by atoms with E-state index < -0.39 is 17.4 Å². The molecule has 0 radical (unpaired) electrons. The van der Waals surface area contributed by atoms with Gasteiger partial charge in [-0.3, -0.25) is 9.59 Å². The maximum absolute atomic E-state index is 12.6. The number of aliphatic carboxylic acids is 1. The Morgan fingerprint density at radius 1 is 1.24 bits per heavy atom. The molecule has 2 aliphatic rings. The van der Waals surface area contributed by atoms with E-state index in [1.165, 1.54) is 0 Å². The number of aryl methyl sites for hydroxylation is 1. The van der Waals surface area contributed by atoms with E-state index in [4.69, 9.17) is 0 Å². The van der Waals surface area contributed by atoms with Gasteiger partial charge in [0.05, 0.1) is 5.92 Å². The van der Waals surface area contributed by atoms with Crippen molar-refractivity contribution in [1.29, 1.82) is 0 Å². The number of carboxylic acids is 1. The van der Waals surface area contributed by atoms with Gasteiger partial charge in [0.1, 0.15) is 5.54 Å². The van der Waals surface area contributed by atoms with Gasteiger partial charge in [0.15, 0.2) is 0 Å². The molecule has 6 nitrogen and oxygen atoms in total. The zero-order valence-electron chi connectivity index (χ0n) is 14.2. The van der Waals surface area contributed by atoms with Crippen molar-refractivity contribution < 1.29 is 19.5 Å². The molecule has 0 aromatic heterocycles. The van der Waals surface area contributed by atoms with Gasteiger partial charge >= 0.3 is 5.97 Å². The highest BCUT2D eigenvalue weighted by Gasteiger charge is 2.44. The van der Waals surface area contributed by atoms with Crippen molar-refractivity contribution >= 4 is 35.2 Å². The number of carbonyl (C=O) groups excluding carboxylic acids is 2.